The van der Waals surface area contributed by atoms with Crippen LogP contribution in [0.1, 0.15) is 23.6 Å². The van der Waals surface area contributed by atoms with Crippen LogP contribution in [0.15, 0.2) is 90.2 Å². The molecule has 5 rings (SSSR count). The van der Waals surface area contributed by atoms with Crippen LogP contribution < -0.4 is 15.0 Å². The molecule has 1 atom stereocenters. The third-order valence-corrected chi connectivity index (χ3v) is 8.23. The highest BCUT2D eigenvalue weighted by molar-refractivity contribution is 8.15. The number of nitrogens with zero attached hydrogens (tertiary/aromatic N) is 5. The summed E-state index contributed by atoms with van der Waals surface area (Å²) in [4.78, 5) is 22.7. The lowest BCUT2D eigenvalue weighted by molar-refractivity contribution is -0.274. The second-order valence-electron chi connectivity index (χ2n) is 11.1. The van der Waals surface area contributed by atoms with Crippen LogP contribution in [0.3, 0.4) is 0 Å². The number of halogens is 5. The number of aromatic nitrogens is 3. The van der Waals surface area contributed by atoms with Gasteiger partial charge < -0.3 is 9.84 Å². The van der Waals surface area contributed by atoms with Crippen molar-refractivity contribution in [2.45, 2.75) is 45.3 Å². The van der Waals surface area contributed by atoms with Crippen molar-refractivity contribution in [3.8, 4) is 22.8 Å². The van der Waals surface area contributed by atoms with Gasteiger partial charge in [0, 0.05) is 18.5 Å². The number of rotatable bonds is 12. The number of hydrogen-bond donors (Lipinski definition) is 2. The Morgan fingerprint density at radius 2 is 1.81 bits per heavy atom. The van der Waals surface area contributed by atoms with Gasteiger partial charge in [-0.2, -0.15) is 0 Å². The molecule has 0 radical (unpaired) electrons. The number of thioether (sulfide) groups is 1. The molecule has 9 nitrogen and oxygen atoms in total. The van der Waals surface area contributed by atoms with Gasteiger partial charge in [-0.05, 0) is 72.9 Å². The van der Waals surface area contributed by atoms with E-state index in [4.69, 9.17) is 0 Å². The fourth-order valence-electron chi connectivity index (χ4n) is 4.75. The number of aliphatic hydroxyl groups excluding tert-OH is 1. The molecule has 2 N–H and O–H groups in total. The third-order valence-electron chi connectivity index (χ3n) is 7.30. The number of carbonyl (C=O) groups excluding carboxylic acids is 1. The Hall–Kier alpha value is -4.60. The summed E-state index contributed by atoms with van der Waals surface area (Å²) >= 11 is 1.11. The summed E-state index contributed by atoms with van der Waals surface area (Å²) in [6.07, 6.45) is -4.79. The number of hydrogen-bond acceptors (Lipinski definition) is 8. The molecule has 1 unspecified atom stereocenters. The second kappa shape index (κ2) is 14.3. The number of anilines is 1. The number of aryl methyl sites for hydroxylation is 1. The van der Waals surface area contributed by atoms with E-state index < -0.39 is 25.1 Å². The molecule has 4 aromatic rings. The van der Waals surface area contributed by atoms with E-state index in [1.807, 2.05) is 24.3 Å². The molecule has 2 heterocycles. The van der Waals surface area contributed by atoms with Gasteiger partial charge in [0.25, 0.3) is 5.92 Å². The lowest BCUT2D eigenvalue weighted by atomic mass is 9.99. The molecule has 0 saturated carbocycles. The van der Waals surface area contributed by atoms with E-state index in [0.717, 1.165) is 22.9 Å². The van der Waals surface area contributed by atoms with Crippen LogP contribution in [-0.2, 0) is 17.6 Å². The maximum atomic E-state index is 14.6. The summed E-state index contributed by atoms with van der Waals surface area (Å²) in [6.45, 7) is 6.78. The van der Waals surface area contributed by atoms with E-state index in [2.05, 4.69) is 31.7 Å². The number of alkyl halides is 5. The fraction of sp³-hybridized carbons (Fsp3) is 0.273. The van der Waals surface area contributed by atoms with Crippen LogP contribution in [0, 0.1) is 6.92 Å². The Labute approximate surface area is 277 Å². The van der Waals surface area contributed by atoms with Gasteiger partial charge in [0.05, 0.1) is 17.1 Å². The number of nitrogens with one attached hydrogen (secondary N) is 1. The first-order valence-corrected chi connectivity index (χ1v) is 15.6. The fourth-order valence-corrected chi connectivity index (χ4v) is 5.64. The van der Waals surface area contributed by atoms with Gasteiger partial charge in [-0.3, -0.25) is 15.0 Å². The van der Waals surface area contributed by atoms with E-state index >= 15 is 0 Å². The zero-order valence-electron chi connectivity index (χ0n) is 25.8. The lowest BCUT2D eigenvalue weighted by Crippen LogP contribution is -2.35. The summed E-state index contributed by atoms with van der Waals surface area (Å²) in [5, 5.41) is 18.1. The largest absolute Gasteiger partial charge is 0.573 e. The Morgan fingerprint density at radius 3 is 2.48 bits per heavy atom. The van der Waals surface area contributed by atoms with Crippen molar-refractivity contribution in [3.63, 3.8) is 0 Å². The zero-order valence-corrected chi connectivity index (χ0v) is 26.7. The number of aliphatic hydroxyl groups is 1. The maximum Gasteiger partial charge on any atom is 0.573 e. The van der Waals surface area contributed by atoms with Crippen molar-refractivity contribution in [2.24, 2.45) is 4.99 Å². The van der Waals surface area contributed by atoms with E-state index in [-0.39, 0.29) is 33.7 Å². The predicted octanol–water partition coefficient (Wildman–Crippen LogP) is 6.44. The highest BCUT2D eigenvalue weighted by Crippen LogP contribution is 2.35. The Balaban J connectivity index is 1.19. The van der Waals surface area contributed by atoms with Crippen molar-refractivity contribution in [1.82, 2.24) is 20.1 Å². The van der Waals surface area contributed by atoms with E-state index in [9.17, 15) is 31.9 Å². The highest BCUT2D eigenvalue weighted by Gasteiger charge is 2.36. The van der Waals surface area contributed by atoms with Crippen LogP contribution in [0.2, 0.25) is 0 Å². The molecule has 15 heteroatoms. The molecule has 1 aliphatic rings. The zero-order chi connectivity index (χ0) is 34.6. The molecule has 252 valence electrons. The number of allylic oxidation sites excluding steroid dienone is 1. The first-order valence-electron chi connectivity index (χ1n) is 14.6. The van der Waals surface area contributed by atoms with Crippen molar-refractivity contribution < 1.29 is 36.6 Å². The normalized spacial score (nSPS) is 15.3. The summed E-state index contributed by atoms with van der Waals surface area (Å²) in [7, 11) is 0. The topological polar surface area (TPSA) is 105 Å². The molecule has 0 aliphatic carbocycles. The van der Waals surface area contributed by atoms with E-state index in [1.54, 1.807) is 25.1 Å². The molecule has 3 aromatic carbocycles. The lowest BCUT2D eigenvalue weighted by Gasteiger charge is -2.24. The quantitative estimate of drug-likeness (QED) is 0.100. The molecular formula is C33H31F5N6O3S. The summed E-state index contributed by atoms with van der Waals surface area (Å²) in [6, 6.07) is 17.5. The first kappa shape index (κ1) is 34.7. The van der Waals surface area contributed by atoms with Crippen molar-refractivity contribution >= 4 is 28.5 Å². The van der Waals surface area contributed by atoms with Gasteiger partial charge >= 0.3 is 6.36 Å². The first-order chi connectivity index (χ1) is 22.7. The van der Waals surface area contributed by atoms with E-state index in [1.165, 1.54) is 47.1 Å². The smallest absolute Gasteiger partial charge is 0.406 e. The van der Waals surface area contributed by atoms with Crippen LogP contribution in [0.5, 0.6) is 5.75 Å². The Bertz CT molecular complexity index is 1810. The molecule has 1 amide bonds. The minimum Gasteiger partial charge on any atom is -0.406 e. The number of amides is 1. The Kier molecular flexibility index (Phi) is 10.3. The molecular weight excluding hydrogens is 655 g/mol. The van der Waals surface area contributed by atoms with Gasteiger partial charge in [0.1, 0.15) is 12.1 Å². The van der Waals surface area contributed by atoms with Gasteiger partial charge in [0.2, 0.25) is 12.3 Å². The summed E-state index contributed by atoms with van der Waals surface area (Å²) < 4.78 is 71.7. The van der Waals surface area contributed by atoms with Crippen LogP contribution >= 0.6 is 11.8 Å². The standard InChI is InChI=1S/C33H31F5N6O3S/c1-20(2)32(34,35)17-24-7-4-21(3)16-27(24)44-28(45)18-48-31(44)41-30(46)39-15-14-22-5-8-23(9-6-22)29-40-19-43(42-29)25-10-12-26(13-11-25)47-33(36,37)38/h4-13,16,19,30,39,46H,1,14-15,17-18H2,2-3H3/b41-31-. The van der Waals surface area contributed by atoms with Gasteiger partial charge in [-0.15, -0.1) is 18.3 Å². The number of carbonyl (C=O) groups is 1. The Morgan fingerprint density at radius 1 is 1.10 bits per heavy atom. The van der Waals surface area contributed by atoms with Crippen molar-refractivity contribution in [3.05, 3.63) is 102 Å². The SMILES string of the molecule is C=C(C)C(F)(F)Cc1ccc(C)cc1N1C(=O)CS/C1=N\C(O)NCCc1ccc(-c2ncn(-c3ccc(OC(F)(F)F)cc3)n2)cc1. The van der Waals surface area contributed by atoms with Gasteiger partial charge in [-0.1, -0.05) is 54.7 Å². The molecule has 1 saturated heterocycles. The minimum absolute atomic E-state index is 0.0540. The average molecular weight is 687 g/mol. The molecule has 1 fully saturated rings. The molecule has 1 aromatic heterocycles. The average Bonchev–Trinajstić information content (AvgIpc) is 3.65. The number of ether oxygens (including phenoxy) is 1. The number of amidine groups is 1. The monoisotopic (exact) mass is 686 g/mol. The summed E-state index contributed by atoms with van der Waals surface area (Å²) in [5.41, 5.74) is 3.20. The molecule has 48 heavy (non-hydrogen) atoms. The van der Waals surface area contributed by atoms with Crippen molar-refractivity contribution in [2.75, 3.05) is 17.2 Å². The predicted molar refractivity (Wildman–Crippen MR) is 173 cm³/mol. The minimum atomic E-state index is -4.78. The number of benzene rings is 3. The van der Waals surface area contributed by atoms with Gasteiger partial charge in [-0.25, -0.2) is 23.4 Å². The van der Waals surface area contributed by atoms with Gasteiger partial charge in [0.15, 0.2) is 11.0 Å². The van der Waals surface area contributed by atoms with E-state index in [0.29, 0.717) is 35.7 Å². The number of aliphatic imine (C=N–C) groups is 1. The second-order valence-corrected chi connectivity index (χ2v) is 12.0. The van der Waals surface area contributed by atoms with Crippen molar-refractivity contribution in [1.29, 1.82) is 0 Å². The van der Waals surface area contributed by atoms with Crippen LogP contribution in [-0.4, -0.2) is 61.9 Å². The third kappa shape index (κ3) is 8.65. The molecule has 0 spiro atoms. The highest BCUT2D eigenvalue weighted by atomic mass is 32.2. The van der Waals surface area contributed by atoms with Crippen LogP contribution in [0.25, 0.3) is 17.1 Å². The molecule has 1 aliphatic heterocycles. The molecule has 0 bridgehead atoms. The maximum absolute atomic E-state index is 14.6. The van der Waals surface area contributed by atoms with Crippen LogP contribution in [0.4, 0.5) is 27.6 Å². The summed E-state index contributed by atoms with van der Waals surface area (Å²) in [5.74, 6) is -3.37.